The predicted octanol–water partition coefficient (Wildman–Crippen LogP) is 4.61. The molecule has 21 heavy (non-hydrogen) atoms. The summed E-state index contributed by atoms with van der Waals surface area (Å²) in [5.41, 5.74) is 4.51. The zero-order chi connectivity index (χ0) is 16.4. The Hall–Kier alpha value is -1.09. The average molecular weight is 351 g/mol. The quantitative estimate of drug-likeness (QED) is 0.283. The van der Waals surface area contributed by atoms with Crippen molar-refractivity contribution in [2.45, 2.75) is 23.4 Å². The third-order valence-corrected chi connectivity index (χ3v) is 3.58. The number of thioether (sulfide) groups is 1. The molecule has 0 heterocycles. The van der Waals surface area contributed by atoms with Crippen LogP contribution in [0.1, 0.15) is 5.56 Å². The van der Waals surface area contributed by atoms with E-state index in [9.17, 15) is 26.3 Å². The third-order valence-electron chi connectivity index (χ3n) is 2.17. The van der Waals surface area contributed by atoms with Gasteiger partial charge in [0.15, 0.2) is 5.84 Å². The van der Waals surface area contributed by atoms with Crippen LogP contribution in [0.2, 0.25) is 0 Å². The van der Waals surface area contributed by atoms with Gasteiger partial charge in [-0.25, -0.2) is 9.38 Å². The molecule has 2 N–H and O–H groups in total. The summed E-state index contributed by atoms with van der Waals surface area (Å²) in [5.74, 6) is -3.55. The van der Waals surface area contributed by atoms with Crippen molar-refractivity contribution in [2.24, 2.45) is 10.7 Å². The summed E-state index contributed by atoms with van der Waals surface area (Å²) in [7, 11) is 0. The van der Waals surface area contributed by atoms with Gasteiger partial charge >= 0.3 is 11.6 Å². The highest BCUT2D eigenvalue weighted by Crippen LogP contribution is 2.34. The molecule has 0 saturated heterocycles. The Kier molecular flexibility index (Phi) is 5.43. The highest BCUT2D eigenvalue weighted by molar-refractivity contribution is 7.99. The average Bonchev–Trinajstić information content (AvgIpc) is 2.28. The second-order valence-corrected chi connectivity index (χ2v) is 5.46. The SMILES string of the molecule is Cc1cc(F)c(/N=C(\N)C(F)(F)Cl)cc1SCC(F)(F)F. The molecule has 1 aromatic rings. The van der Waals surface area contributed by atoms with E-state index in [1.165, 1.54) is 6.92 Å². The number of halogens is 7. The van der Waals surface area contributed by atoms with Gasteiger partial charge < -0.3 is 5.73 Å². The van der Waals surface area contributed by atoms with Crippen molar-refractivity contribution in [1.82, 2.24) is 0 Å². The molecular formula is C11H9ClF6N2S. The molecule has 0 aromatic heterocycles. The second-order valence-electron chi connectivity index (χ2n) is 3.97. The van der Waals surface area contributed by atoms with Crippen molar-refractivity contribution in [3.8, 4) is 0 Å². The molecular weight excluding hydrogens is 342 g/mol. The summed E-state index contributed by atoms with van der Waals surface area (Å²) in [6, 6.07) is 1.80. The molecule has 1 rings (SSSR count). The number of aliphatic imine (C=N–C) groups is 1. The molecule has 0 bridgehead atoms. The number of nitrogens with zero attached hydrogens (tertiary/aromatic N) is 1. The van der Waals surface area contributed by atoms with Crippen LogP contribution >= 0.6 is 23.4 Å². The summed E-state index contributed by atoms with van der Waals surface area (Å²) in [6.45, 7) is 1.38. The number of nitrogens with two attached hydrogens (primary N) is 1. The lowest BCUT2D eigenvalue weighted by Gasteiger charge is -2.11. The van der Waals surface area contributed by atoms with Crippen molar-refractivity contribution in [2.75, 3.05) is 5.75 Å². The first-order chi connectivity index (χ1) is 9.40. The van der Waals surface area contributed by atoms with Crippen molar-refractivity contribution in [3.05, 3.63) is 23.5 Å². The normalized spacial score (nSPS) is 13.6. The molecule has 2 nitrogen and oxygen atoms in total. The third kappa shape index (κ3) is 5.66. The van der Waals surface area contributed by atoms with E-state index < -0.39 is 34.7 Å². The molecule has 0 atom stereocenters. The number of benzene rings is 1. The molecule has 0 aliphatic carbocycles. The lowest BCUT2D eigenvalue weighted by molar-refractivity contribution is -0.105. The van der Waals surface area contributed by atoms with E-state index in [4.69, 9.17) is 5.73 Å². The van der Waals surface area contributed by atoms with Crippen molar-refractivity contribution in [3.63, 3.8) is 0 Å². The minimum Gasteiger partial charge on any atom is -0.381 e. The first-order valence-corrected chi connectivity index (χ1v) is 6.67. The van der Waals surface area contributed by atoms with Gasteiger partial charge in [0.2, 0.25) is 0 Å². The van der Waals surface area contributed by atoms with E-state index in [-0.39, 0.29) is 10.5 Å². The van der Waals surface area contributed by atoms with Gasteiger partial charge in [-0.1, -0.05) is 0 Å². The van der Waals surface area contributed by atoms with Gasteiger partial charge in [0.25, 0.3) is 0 Å². The molecule has 10 heteroatoms. The Morgan fingerprint density at radius 2 is 1.86 bits per heavy atom. The van der Waals surface area contributed by atoms with Crippen molar-refractivity contribution < 1.29 is 26.3 Å². The maximum absolute atomic E-state index is 13.6. The second kappa shape index (κ2) is 6.35. The highest BCUT2D eigenvalue weighted by atomic mass is 35.5. The Morgan fingerprint density at radius 3 is 2.33 bits per heavy atom. The molecule has 0 amide bonds. The summed E-state index contributed by atoms with van der Waals surface area (Å²) >= 11 is 5.00. The molecule has 0 aliphatic heterocycles. The molecule has 118 valence electrons. The molecule has 1 aromatic carbocycles. The predicted molar refractivity (Wildman–Crippen MR) is 70.0 cm³/mol. The maximum Gasteiger partial charge on any atom is 0.398 e. The fraction of sp³-hybridized carbons (Fsp3) is 0.364. The fourth-order valence-electron chi connectivity index (χ4n) is 1.24. The number of aryl methyl sites for hydroxylation is 1. The van der Waals surface area contributed by atoms with Gasteiger partial charge in [-0.15, -0.1) is 11.8 Å². The molecule has 0 aliphatic rings. The smallest absolute Gasteiger partial charge is 0.381 e. The molecule has 0 unspecified atom stereocenters. The first kappa shape index (κ1) is 18.0. The van der Waals surface area contributed by atoms with Crippen LogP contribution in [0.3, 0.4) is 0 Å². The molecule has 0 fully saturated rings. The van der Waals surface area contributed by atoms with Crippen LogP contribution in [0.25, 0.3) is 0 Å². The standard InChI is InChI=1S/C11H9ClF6N2S/c1-5-2-6(13)7(20-9(19)11(12,17)18)3-8(5)21-4-10(14,15)16/h2-3H,4H2,1H3,(H2,19,20). The van der Waals surface area contributed by atoms with E-state index in [2.05, 4.69) is 16.6 Å². The Bertz CT molecular complexity index is 553. The molecule has 0 radical (unpaired) electrons. The first-order valence-electron chi connectivity index (χ1n) is 5.31. The lowest BCUT2D eigenvalue weighted by atomic mass is 10.2. The van der Waals surface area contributed by atoms with Gasteiger partial charge in [-0.2, -0.15) is 22.0 Å². The van der Waals surface area contributed by atoms with E-state index in [0.29, 0.717) is 11.8 Å². The summed E-state index contributed by atoms with van der Waals surface area (Å²) < 4.78 is 75.4. The van der Waals surface area contributed by atoms with Crippen LogP contribution in [0.5, 0.6) is 0 Å². The summed E-state index contributed by atoms with van der Waals surface area (Å²) in [6.07, 6.45) is -4.42. The van der Waals surface area contributed by atoms with Crippen LogP contribution in [-0.2, 0) is 0 Å². The number of amidine groups is 1. The maximum atomic E-state index is 13.6. The van der Waals surface area contributed by atoms with Crippen molar-refractivity contribution in [1.29, 1.82) is 0 Å². The Labute approximate surface area is 125 Å². The van der Waals surface area contributed by atoms with E-state index in [1.54, 1.807) is 0 Å². The van der Waals surface area contributed by atoms with Gasteiger partial charge in [0.1, 0.15) is 11.5 Å². The molecule has 0 spiro atoms. The number of rotatable bonds is 4. The number of alkyl halides is 6. The Balaban J connectivity index is 3.12. The van der Waals surface area contributed by atoms with Crippen molar-refractivity contribution >= 4 is 34.9 Å². The van der Waals surface area contributed by atoms with E-state index in [1.807, 2.05) is 0 Å². The minimum atomic E-state index is -4.42. The van der Waals surface area contributed by atoms with Gasteiger partial charge in [0, 0.05) is 4.90 Å². The van der Waals surface area contributed by atoms with E-state index in [0.717, 1.165) is 12.1 Å². The monoisotopic (exact) mass is 350 g/mol. The van der Waals surface area contributed by atoms with Crippen LogP contribution in [0.4, 0.5) is 32.0 Å². The van der Waals surface area contributed by atoms with Gasteiger partial charge in [-0.05, 0) is 36.2 Å². The summed E-state index contributed by atoms with van der Waals surface area (Å²) in [4.78, 5) is 3.17. The minimum absolute atomic E-state index is 0.0539. The zero-order valence-electron chi connectivity index (χ0n) is 10.4. The van der Waals surface area contributed by atoms with Gasteiger partial charge in [0.05, 0.1) is 5.75 Å². The van der Waals surface area contributed by atoms with Crippen LogP contribution < -0.4 is 5.73 Å². The van der Waals surface area contributed by atoms with Crippen LogP contribution in [0.15, 0.2) is 22.0 Å². The lowest BCUT2D eigenvalue weighted by Crippen LogP contribution is -2.29. The Morgan fingerprint density at radius 1 is 1.29 bits per heavy atom. The number of hydrogen-bond acceptors (Lipinski definition) is 2. The fourth-order valence-corrected chi connectivity index (χ4v) is 2.08. The van der Waals surface area contributed by atoms with E-state index >= 15 is 0 Å². The summed E-state index contributed by atoms with van der Waals surface area (Å²) in [5, 5.41) is -3.98. The topological polar surface area (TPSA) is 38.4 Å². The van der Waals surface area contributed by atoms with Crippen LogP contribution in [-0.4, -0.2) is 23.1 Å². The van der Waals surface area contributed by atoms with Crippen LogP contribution in [0, 0.1) is 12.7 Å². The van der Waals surface area contributed by atoms with Gasteiger partial charge in [-0.3, -0.25) is 0 Å². The highest BCUT2D eigenvalue weighted by Gasteiger charge is 2.31. The number of hydrogen-bond donors (Lipinski definition) is 1. The molecule has 0 saturated carbocycles. The largest absolute Gasteiger partial charge is 0.398 e. The zero-order valence-corrected chi connectivity index (χ0v) is 12.0.